The minimum Gasteiger partial charge on any atom is -0.345 e. The van der Waals surface area contributed by atoms with Crippen LogP contribution in [0.1, 0.15) is 38.7 Å². The fourth-order valence-electron chi connectivity index (χ4n) is 2.27. The number of carbonyl (C=O) groups excluding carboxylic acids is 2. The molecular weight excluding hydrogens is 336 g/mol. The highest BCUT2D eigenvalue weighted by Gasteiger charge is 2.18. The quantitative estimate of drug-likeness (QED) is 0.738. The van der Waals surface area contributed by atoms with Crippen LogP contribution < -0.4 is 10.6 Å². The van der Waals surface area contributed by atoms with Crippen molar-refractivity contribution in [2.75, 3.05) is 5.32 Å². The Morgan fingerprint density at radius 2 is 1.88 bits per heavy atom. The highest BCUT2D eigenvalue weighted by atomic mass is 32.1. The molecule has 25 heavy (non-hydrogen) atoms. The lowest BCUT2D eigenvalue weighted by Gasteiger charge is -2.14. The molecule has 2 N–H and O–H groups in total. The monoisotopic (exact) mass is 352 g/mol. The highest BCUT2D eigenvalue weighted by Crippen LogP contribution is 2.24. The first kappa shape index (κ1) is 16.8. The topological polar surface area (TPSA) is 84.0 Å². The molecule has 7 heteroatoms. The molecule has 1 unspecified atom stereocenters. The van der Waals surface area contributed by atoms with Crippen molar-refractivity contribution >= 4 is 28.8 Å². The van der Waals surface area contributed by atoms with E-state index in [4.69, 9.17) is 0 Å². The summed E-state index contributed by atoms with van der Waals surface area (Å²) < 4.78 is 0. The minimum absolute atomic E-state index is 0.139. The van der Waals surface area contributed by atoms with Gasteiger partial charge in [0, 0.05) is 12.4 Å². The minimum atomic E-state index is -0.406. The van der Waals surface area contributed by atoms with Crippen LogP contribution in [0.3, 0.4) is 0 Å². The molecule has 1 aromatic carbocycles. The molecule has 0 aliphatic heterocycles. The number of hydrogen-bond acceptors (Lipinski definition) is 5. The van der Waals surface area contributed by atoms with Gasteiger partial charge in [0.05, 0.1) is 17.9 Å². The number of aromatic nitrogens is 2. The maximum atomic E-state index is 12.5. The Labute approximate surface area is 149 Å². The van der Waals surface area contributed by atoms with Crippen LogP contribution in [0.4, 0.5) is 5.69 Å². The van der Waals surface area contributed by atoms with E-state index in [2.05, 4.69) is 20.6 Å². The van der Waals surface area contributed by atoms with E-state index in [1.807, 2.05) is 37.3 Å². The lowest BCUT2D eigenvalue weighted by Crippen LogP contribution is -2.27. The van der Waals surface area contributed by atoms with Gasteiger partial charge in [0.1, 0.15) is 10.6 Å². The third-order valence-corrected chi connectivity index (χ3v) is 4.48. The Morgan fingerprint density at radius 1 is 1.08 bits per heavy atom. The zero-order chi connectivity index (χ0) is 17.6. The van der Waals surface area contributed by atoms with Crippen molar-refractivity contribution in [2.45, 2.75) is 13.0 Å². The van der Waals surface area contributed by atoms with Gasteiger partial charge in [-0.15, -0.1) is 11.3 Å². The molecule has 6 nitrogen and oxygen atoms in total. The van der Waals surface area contributed by atoms with Gasteiger partial charge in [-0.25, -0.2) is 4.98 Å². The summed E-state index contributed by atoms with van der Waals surface area (Å²) in [6.45, 7) is 1.92. The van der Waals surface area contributed by atoms with Crippen LogP contribution in [-0.2, 0) is 0 Å². The van der Waals surface area contributed by atoms with Gasteiger partial charge in [-0.2, -0.15) is 0 Å². The van der Waals surface area contributed by atoms with Gasteiger partial charge in [0.2, 0.25) is 0 Å². The molecule has 0 spiro atoms. The number of anilines is 1. The predicted octanol–water partition coefficient (Wildman–Crippen LogP) is 3.28. The fraction of sp³-hybridized carbons (Fsp3) is 0.111. The van der Waals surface area contributed by atoms with E-state index in [-0.39, 0.29) is 17.6 Å². The first-order chi connectivity index (χ1) is 12.1. The summed E-state index contributed by atoms with van der Waals surface area (Å²) in [5.74, 6) is -0.641. The molecule has 3 rings (SSSR count). The Morgan fingerprint density at radius 3 is 2.60 bits per heavy atom. The molecule has 0 saturated carbocycles. The third kappa shape index (κ3) is 4.07. The van der Waals surface area contributed by atoms with Gasteiger partial charge in [0.15, 0.2) is 0 Å². The van der Waals surface area contributed by atoms with E-state index in [0.29, 0.717) is 10.6 Å². The molecule has 2 aromatic heterocycles. The van der Waals surface area contributed by atoms with Crippen molar-refractivity contribution in [3.8, 4) is 0 Å². The summed E-state index contributed by atoms with van der Waals surface area (Å²) in [6, 6.07) is 11.2. The number of nitrogens with one attached hydrogen (secondary N) is 2. The molecule has 0 aliphatic rings. The largest absolute Gasteiger partial charge is 0.345 e. The second kappa shape index (κ2) is 7.67. The number of thiophene rings is 1. The van der Waals surface area contributed by atoms with Crippen LogP contribution in [0.2, 0.25) is 0 Å². The number of rotatable bonds is 5. The summed E-state index contributed by atoms with van der Waals surface area (Å²) in [6.07, 6.45) is 4.31. The highest BCUT2D eigenvalue weighted by molar-refractivity contribution is 7.12. The van der Waals surface area contributed by atoms with Crippen molar-refractivity contribution in [3.63, 3.8) is 0 Å². The number of carbonyl (C=O) groups is 2. The first-order valence-corrected chi connectivity index (χ1v) is 8.54. The fourth-order valence-corrected chi connectivity index (χ4v) is 3.03. The molecule has 2 heterocycles. The lowest BCUT2D eigenvalue weighted by atomic mass is 10.1. The second-order valence-electron chi connectivity index (χ2n) is 5.31. The third-order valence-electron chi connectivity index (χ3n) is 3.56. The van der Waals surface area contributed by atoms with Crippen molar-refractivity contribution in [2.24, 2.45) is 0 Å². The molecule has 0 aliphatic carbocycles. The summed E-state index contributed by atoms with van der Waals surface area (Å²) in [4.78, 5) is 33.0. The maximum Gasteiger partial charge on any atom is 0.275 e. The van der Waals surface area contributed by atoms with Crippen molar-refractivity contribution in [3.05, 3.63) is 76.5 Å². The predicted molar refractivity (Wildman–Crippen MR) is 96.6 cm³/mol. The van der Waals surface area contributed by atoms with Gasteiger partial charge < -0.3 is 10.6 Å². The first-order valence-electron chi connectivity index (χ1n) is 7.66. The zero-order valence-electron chi connectivity index (χ0n) is 13.5. The van der Waals surface area contributed by atoms with E-state index in [0.717, 1.165) is 5.56 Å². The zero-order valence-corrected chi connectivity index (χ0v) is 14.3. The lowest BCUT2D eigenvalue weighted by molar-refractivity contribution is 0.0945. The summed E-state index contributed by atoms with van der Waals surface area (Å²) in [5.41, 5.74) is 1.66. The van der Waals surface area contributed by atoms with Gasteiger partial charge in [-0.05, 0) is 23.9 Å². The average molecular weight is 352 g/mol. The van der Waals surface area contributed by atoms with Crippen molar-refractivity contribution in [1.29, 1.82) is 0 Å². The Kier molecular flexibility index (Phi) is 5.15. The molecule has 0 radical (unpaired) electrons. The SMILES string of the molecule is CC(NC(=O)c1sccc1NC(=O)c1cnccn1)c1ccccc1. The molecule has 0 fully saturated rings. The van der Waals surface area contributed by atoms with E-state index in [1.54, 1.807) is 11.4 Å². The smallest absolute Gasteiger partial charge is 0.275 e. The number of amides is 2. The normalized spacial score (nSPS) is 11.6. The van der Waals surface area contributed by atoms with Gasteiger partial charge in [-0.1, -0.05) is 30.3 Å². The van der Waals surface area contributed by atoms with Crippen molar-refractivity contribution < 1.29 is 9.59 Å². The van der Waals surface area contributed by atoms with Crippen molar-refractivity contribution in [1.82, 2.24) is 15.3 Å². The second-order valence-corrected chi connectivity index (χ2v) is 6.23. The van der Waals surface area contributed by atoms with Crippen LogP contribution in [0.25, 0.3) is 0 Å². The molecule has 0 saturated heterocycles. The molecule has 1 atom stereocenters. The number of nitrogens with zero attached hydrogens (tertiary/aromatic N) is 2. The summed E-state index contributed by atoms with van der Waals surface area (Å²) >= 11 is 1.27. The van der Waals surface area contributed by atoms with Crippen LogP contribution in [-0.4, -0.2) is 21.8 Å². The van der Waals surface area contributed by atoms with Crippen LogP contribution in [0.15, 0.2) is 60.4 Å². The summed E-state index contributed by atoms with van der Waals surface area (Å²) in [5, 5.41) is 7.41. The van der Waals surface area contributed by atoms with Crippen LogP contribution >= 0.6 is 11.3 Å². The van der Waals surface area contributed by atoms with Crippen LogP contribution in [0.5, 0.6) is 0 Å². The van der Waals surface area contributed by atoms with E-state index in [9.17, 15) is 9.59 Å². The Bertz CT molecular complexity index is 865. The van der Waals surface area contributed by atoms with Gasteiger partial charge >= 0.3 is 0 Å². The molecule has 126 valence electrons. The molecule has 3 aromatic rings. The molecule has 0 bridgehead atoms. The summed E-state index contributed by atoms with van der Waals surface area (Å²) in [7, 11) is 0. The number of benzene rings is 1. The maximum absolute atomic E-state index is 12.5. The van der Waals surface area contributed by atoms with Gasteiger partial charge in [-0.3, -0.25) is 14.6 Å². The van der Waals surface area contributed by atoms with E-state index >= 15 is 0 Å². The van der Waals surface area contributed by atoms with E-state index < -0.39 is 5.91 Å². The molecular formula is C18H16N4O2S. The number of hydrogen-bond donors (Lipinski definition) is 2. The Balaban J connectivity index is 1.71. The standard InChI is InChI=1S/C18H16N4O2S/c1-12(13-5-3-2-4-6-13)21-18(24)16-14(7-10-25-16)22-17(23)15-11-19-8-9-20-15/h2-12H,1H3,(H,21,24)(H,22,23). The Hall–Kier alpha value is -3.06. The van der Waals surface area contributed by atoms with Gasteiger partial charge in [0.25, 0.3) is 11.8 Å². The van der Waals surface area contributed by atoms with E-state index in [1.165, 1.54) is 29.9 Å². The molecule has 2 amide bonds. The van der Waals surface area contributed by atoms with Crippen LogP contribution in [0, 0.1) is 0 Å². The average Bonchev–Trinajstić information content (AvgIpc) is 3.11.